The number of aromatic nitrogens is 1. The average Bonchev–Trinajstić information content (AvgIpc) is 2.00. The normalized spacial score (nSPS) is 16.7. The minimum absolute atomic E-state index is 0. The van der Waals surface area contributed by atoms with Gasteiger partial charge in [0.1, 0.15) is 0 Å². The van der Waals surface area contributed by atoms with Gasteiger partial charge < -0.3 is 5.32 Å². The summed E-state index contributed by atoms with van der Waals surface area (Å²) in [5.41, 5.74) is 0.0466. The van der Waals surface area contributed by atoms with Crippen molar-refractivity contribution in [3.05, 3.63) is 29.6 Å². The third kappa shape index (κ3) is 2.60. The molecule has 1 aliphatic rings. The van der Waals surface area contributed by atoms with Gasteiger partial charge in [-0.1, -0.05) is 0 Å². The molecular weight excluding hydrogens is 229 g/mol. The molecule has 0 aromatic carbocycles. The standard InChI is InChI=1S/C9H9F3N2.ClH/c10-9(11,12)7-1-2-8(14-5-7)6-3-13-4-6;/h1-2,5-6,13H,3-4H2;1H. The van der Waals surface area contributed by atoms with Crippen molar-refractivity contribution in [1.29, 1.82) is 0 Å². The molecule has 1 aromatic heterocycles. The van der Waals surface area contributed by atoms with Gasteiger partial charge in [-0.05, 0) is 12.1 Å². The summed E-state index contributed by atoms with van der Waals surface area (Å²) in [4.78, 5) is 3.81. The van der Waals surface area contributed by atoms with Crippen LogP contribution in [0.4, 0.5) is 13.2 Å². The summed E-state index contributed by atoms with van der Waals surface area (Å²) in [6.45, 7) is 1.61. The number of nitrogens with zero attached hydrogens (tertiary/aromatic N) is 1. The van der Waals surface area contributed by atoms with E-state index < -0.39 is 11.7 Å². The van der Waals surface area contributed by atoms with Crippen molar-refractivity contribution in [2.45, 2.75) is 12.1 Å². The van der Waals surface area contributed by atoms with E-state index >= 15 is 0 Å². The average molecular weight is 239 g/mol. The fraction of sp³-hybridized carbons (Fsp3) is 0.444. The first kappa shape index (κ1) is 12.3. The van der Waals surface area contributed by atoms with E-state index in [0.717, 1.165) is 31.0 Å². The van der Waals surface area contributed by atoms with Crippen LogP contribution in [-0.4, -0.2) is 18.1 Å². The molecule has 1 fully saturated rings. The SMILES string of the molecule is Cl.FC(F)(F)c1ccc(C2CNC2)nc1. The second-order valence-electron chi connectivity index (χ2n) is 3.32. The van der Waals surface area contributed by atoms with Crippen molar-refractivity contribution in [2.75, 3.05) is 13.1 Å². The van der Waals surface area contributed by atoms with E-state index in [4.69, 9.17) is 0 Å². The van der Waals surface area contributed by atoms with Crippen LogP contribution in [-0.2, 0) is 6.18 Å². The summed E-state index contributed by atoms with van der Waals surface area (Å²) in [6, 6.07) is 2.54. The Labute approximate surface area is 91.3 Å². The molecule has 6 heteroatoms. The molecule has 0 saturated carbocycles. The van der Waals surface area contributed by atoms with Gasteiger partial charge in [-0.2, -0.15) is 13.2 Å². The van der Waals surface area contributed by atoms with Gasteiger partial charge in [-0.15, -0.1) is 12.4 Å². The maximum Gasteiger partial charge on any atom is 0.417 e. The minimum atomic E-state index is -4.29. The molecule has 2 heterocycles. The number of alkyl halides is 3. The van der Waals surface area contributed by atoms with E-state index in [9.17, 15) is 13.2 Å². The van der Waals surface area contributed by atoms with E-state index in [1.165, 1.54) is 6.07 Å². The van der Waals surface area contributed by atoms with Crippen LogP contribution < -0.4 is 5.32 Å². The predicted octanol–water partition coefficient (Wildman–Crippen LogP) is 2.21. The lowest BCUT2D eigenvalue weighted by molar-refractivity contribution is -0.137. The largest absolute Gasteiger partial charge is 0.417 e. The molecule has 0 atom stereocenters. The fourth-order valence-electron chi connectivity index (χ4n) is 1.31. The van der Waals surface area contributed by atoms with Crippen LogP contribution in [0.1, 0.15) is 17.2 Å². The molecule has 0 amide bonds. The number of hydrogen-bond donors (Lipinski definition) is 1. The topological polar surface area (TPSA) is 24.9 Å². The highest BCUT2D eigenvalue weighted by atomic mass is 35.5. The fourth-order valence-corrected chi connectivity index (χ4v) is 1.31. The molecule has 0 spiro atoms. The molecule has 1 saturated heterocycles. The molecule has 1 N–H and O–H groups in total. The van der Waals surface area contributed by atoms with Crippen LogP contribution in [0.25, 0.3) is 0 Å². The van der Waals surface area contributed by atoms with E-state index in [1.807, 2.05) is 0 Å². The summed E-state index contributed by atoms with van der Waals surface area (Å²) in [5.74, 6) is 0.275. The van der Waals surface area contributed by atoms with E-state index in [-0.39, 0.29) is 18.3 Å². The Bertz CT molecular complexity index is 319. The van der Waals surface area contributed by atoms with Crippen molar-refractivity contribution < 1.29 is 13.2 Å². The van der Waals surface area contributed by atoms with Crippen molar-refractivity contribution in [2.24, 2.45) is 0 Å². The van der Waals surface area contributed by atoms with Crippen LogP contribution >= 0.6 is 12.4 Å². The first-order chi connectivity index (χ1) is 6.57. The zero-order valence-electron chi connectivity index (χ0n) is 7.71. The molecule has 84 valence electrons. The van der Waals surface area contributed by atoms with Crippen LogP contribution in [0, 0.1) is 0 Å². The Hall–Kier alpha value is -0.810. The first-order valence-corrected chi connectivity index (χ1v) is 4.31. The Morgan fingerprint density at radius 2 is 1.93 bits per heavy atom. The Morgan fingerprint density at radius 3 is 2.27 bits per heavy atom. The highest BCUT2D eigenvalue weighted by molar-refractivity contribution is 5.85. The summed E-state index contributed by atoms with van der Waals surface area (Å²) in [5, 5.41) is 3.04. The molecule has 2 nitrogen and oxygen atoms in total. The van der Waals surface area contributed by atoms with Crippen LogP contribution in [0.3, 0.4) is 0 Å². The van der Waals surface area contributed by atoms with E-state index in [0.29, 0.717) is 0 Å². The molecule has 1 aliphatic heterocycles. The monoisotopic (exact) mass is 238 g/mol. The number of pyridine rings is 1. The van der Waals surface area contributed by atoms with E-state index in [1.54, 1.807) is 0 Å². The highest BCUT2D eigenvalue weighted by Crippen LogP contribution is 2.29. The summed E-state index contributed by atoms with van der Waals surface area (Å²) in [6.07, 6.45) is -3.39. The third-order valence-corrected chi connectivity index (χ3v) is 2.31. The second-order valence-corrected chi connectivity index (χ2v) is 3.32. The molecule has 0 radical (unpaired) electrons. The van der Waals surface area contributed by atoms with Gasteiger partial charge in [0.25, 0.3) is 0 Å². The number of hydrogen-bond acceptors (Lipinski definition) is 2. The van der Waals surface area contributed by atoms with Gasteiger partial charge in [-0.3, -0.25) is 4.98 Å². The van der Waals surface area contributed by atoms with Gasteiger partial charge >= 0.3 is 6.18 Å². The Balaban J connectivity index is 0.00000112. The van der Waals surface area contributed by atoms with E-state index in [2.05, 4.69) is 10.3 Å². The lowest BCUT2D eigenvalue weighted by atomic mass is 9.98. The molecule has 2 rings (SSSR count). The number of rotatable bonds is 1. The summed E-state index contributed by atoms with van der Waals surface area (Å²) < 4.78 is 36.5. The molecular formula is C9H10ClF3N2. The van der Waals surface area contributed by atoms with Gasteiger partial charge in [0.2, 0.25) is 0 Å². The van der Waals surface area contributed by atoms with Gasteiger partial charge in [0, 0.05) is 30.9 Å². The smallest absolute Gasteiger partial charge is 0.315 e. The van der Waals surface area contributed by atoms with Crippen molar-refractivity contribution in [3.8, 4) is 0 Å². The van der Waals surface area contributed by atoms with Crippen molar-refractivity contribution in [1.82, 2.24) is 10.3 Å². The number of nitrogens with one attached hydrogen (secondary N) is 1. The Kier molecular flexibility index (Phi) is 3.57. The lowest BCUT2D eigenvalue weighted by Crippen LogP contribution is -2.40. The van der Waals surface area contributed by atoms with Gasteiger partial charge in [0.05, 0.1) is 5.56 Å². The minimum Gasteiger partial charge on any atom is -0.315 e. The molecule has 1 aromatic rings. The zero-order valence-corrected chi connectivity index (χ0v) is 8.53. The first-order valence-electron chi connectivity index (χ1n) is 4.31. The Morgan fingerprint density at radius 1 is 1.27 bits per heavy atom. The summed E-state index contributed by atoms with van der Waals surface area (Å²) >= 11 is 0. The molecule has 0 unspecified atom stereocenters. The van der Waals surface area contributed by atoms with Gasteiger partial charge in [-0.25, -0.2) is 0 Å². The van der Waals surface area contributed by atoms with Crippen LogP contribution in [0.2, 0.25) is 0 Å². The second kappa shape index (κ2) is 4.37. The quantitative estimate of drug-likeness (QED) is 0.812. The third-order valence-electron chi connectivity index (χ3n) is 2.31. The molecule has 0 bridgehead atoms. The van der Waals surface area contributed by atoms with Crippen LogP contribution in [0.5, 0.6) is 0 Å². The molecule has 0 aliphatic carbocycles. The maximum absolute atomic E-state index is 12.2. The van der Waals surface area contributed by atoms with Crippen molar-refractivity contribution in [3.63, 3.8) is 0 Å². The maximum atomic E-state index is 12.2. The zero-order chi connectivity index (χ0) is 10.2. The number of halogens is 4. The van der Waals surface area contributed by atoms with Gasteiger partial charge in [0.15, 0.2) is 0 Å². The van der Waals surface area contributed by atoms with Crippen molar-refractivity contribution >= 4 is 12.4 Å². The van der Waals surface area contributed by atoms with Crippen LogP contribution in [0.15, 0.2) is 18.3 Å². The lowest BCUT2D eigenvalue weighted by Gasteiger charge is -2.26. The predicted molar refractivity (Wildman–Crippen MR) is 52.1 cm³/mol. The highest BCUT2D eigenvalue weighted by Gasteiger charge is 2.31. The summed E-state index contributed by atoms with van der Waals surface area (Å²) in [7, 11) is 0. The molecule has 15 heavy (non-hydrogen) atoms.